The highest BCUT2D eigenvalue weighted by Gasteiger charge is 2.25. The van der Waals surface area contributed by atoms with E-state index in [0.29, 0.717) is 44.7 Å². The molecule has 0 aliphatic rings. The lowest BCUT2D eigenvalue weighted by Gasteiger charge is -2.21. The number of aromatic nitrogens is 1. The number of carbonyl (C=O) groups is 1. The minimum absolute atomic E-state index is 0.280. The van der Waals surface area contributed by atoms with Gasteiger partial charge in [0.25, 0.3) is 0 Å². The number of hydrogen-bond acceptors (Lipinski definition) is 2. The van der Waals surface area contributed by atoms with Crippen LogP contribution < -0.4 is 5.43 Å². The van der Waals surface area contributed by atoms with Crippen LogP contribution in [0.3, 0.4) is 0 Å². The van der Waals surface area contributed by atoms with Gasteiger partial charge in [-0.3, -0.25) is 4.79 Å². The largest absolute Gasteiger partial charge is 0.477 e. The van der Waals surface area contributed by atoms with Gasteiger partial charge in [-0.15, -0.1) is 0 Å². The van der Waals surface area contributed by atoms with Crippen LogP contribution >= 0.6 is 34.8 Å². The van der Waals surface area contributed by atoms with Gasteiger partial charge < -0.3 is 9.67 Å². The summed E-state index contributed by atoms with van der Waals surface area (Å²) in [6, 6.07) is 11.6. The second kappa shape index (κ2) is 8.00. The summed E-state index contributed by atoms with van der Waals surface area (Å²) in [4.78, 5) is 25.4. The van der Waals surface area contributed by atoms with Crippen molar-refractivity contribution in [3.05, 3.63) is 79.0 Å². The summed E-state index contributed by atoms with van der Waals surface area (Å²) in [5.41, 5.74) is 1.43. The van der Waals surface area contributed by atoms with Gasteiger partial charge >= 0.3 is 5.97 Å². The Morgan fingerprint density at radius 2 is 1.75 bits per heavy atom. The van der Waals surface area contributed by atoms with Crippen molar-refractivity contribution in [1.82, 2.24) is 4.57 Å². The Labute approximate surface area is 176 Å². The molecule has 0 amide bonds. The molecule has 144 valence electrons. The summed E-state index contributed by atoms with van der Waals surface area (Å²) in [6.07, 6.45) is 0. The zero-order valence-corrected chi connectivity index (χ0v) is 17.4. The van der Waals surface area contributed by atoms with E-state index in [1.807, 2.05) is 6.92 Å². The van der Waals surface area contributed by atoms with Gasteiger partial charge in [-0.1, -0.05) is 53.0 Å². The van der Waals surface area contributed by atoms with Gasteiger partial charge in [0.15, 0.2) is 0 Å². The monoisotopic (exact) mass is 435 g/mol. The summed E-state index contributed by atoms with van der Waals surface area (Å²) in [6.45, 7) is 4.12. The molecule has 1 N–H and O–H groups in total. The first-order valence-electron chi connectivity index (χ1n) is 8.48. The zero-order chi connectivity index (χ0) is 20.6. The second-order valence-corrected chi connectivity index (χ2v) is 7.45. The van der Waals surface area contributed by atoms with Crippen LogP contribution in [-0.2, 0) is 6.54 Å². The van der Waals surface area contributed by atoms with E-state index in [1.54, 1.807) is 54.0 Å². The van der Waals surface area contributed by atoms with E-state index in [9.17, 15) is 14.7 Å². The minimum atomic E-state index is -1.31. The Bertz CT molecular complexity index is 1150. The third-order valence-electron chi connectivity index (χ3n) is 4.56. The molecule has 0 aliphatic carbocycles. The fourth-order valence-electron chi connectivity index (χ4n) is 3.36. The van der Waals surface area contributed by atoms with E-state index in [1.165, 1.54) is 0 Å². The number of carboxylic acids is 1. The van der Waals surface area contributed by atoms with Crippen LogP contribution in [0.2, 0.25) is 15.1 Å². The first-order chi connectivity index (χ1) is 13.3. The van der Waals surface area contributed by atoms with Crippen molar-refractivity contribution in [2.75, 3.05) is 0 Å². The first-order valence-corrected chi connectivity index (χ1v) is 9.61. The molecule has 0 atom stereocenters. The van der Waals surface area contributed by atoms with Gasteiger partial charge in [0.2, 0.25) is 5.43 Å². The molecule has 4 nitrogen and oxygen atoms in total. The Morgan fingerprint density at radius 3 is 2.32 bits per heavy atom. The maximum Gasteiger partial charge on any atom is 0.341 e. The van der Waals surface area contributed by atoms with E-state index in [-0.39, 0.29) is 10.6 Å². The Hall–Kier alpha value is -2.27. The van der Waals surface area contributed by atoms with Crippen LogP contribution in [0.4, 0.5) is 0 Å². The fraction of sp³-hybridized carbons (Fsp3) is 0.143. The van der Waals surface area contributed by atoms with Crippen LogP contribution in [0.1, 0.15) is 23.0 Å². The SMILES string of the molecule is CCn1c(C)c(-c2cccc(Cl)c2)c(=O)c(C(=O)O)c1-c1ccc(Cl)c(Cl)c1. The van der Waals surface area contributed by atoms with E-state index in [2.05, 4.69) is 0 Å². The molecule has 28 heavy (non-hydrogen) atoms. The van der Waals surface area contributed by atoms with E-state index in [0.717, 1.165) is 0 Å². The van der Waals surface area contributed by atoms with Crippen molar-refractivity contribution in [1.29, 1.82) is 0 Å². The lowest BCUT2D eigenvalue weighted by atomic mass is 9.96. The average Bonchev–Trinajstić information content (AvgIpc) is 2.63. The topological polar surface area (TPSA) is 59.3 Å². The van der Waals surface area contributed by atoms with Crippen molar-refractivity contribution in [2.45, 2.75) is 20.4 Å². The predicted octanol–water partition coefficient (Wildman–Crippen LogP) is 6.17. The molecule has 0 spiro atoms. The summed E-state index contributed by atoms with van der Waals surface area (Å²) < 4.78 is 1.79. The molecular formula is C21H16Cl3NO3. The standard InChI is InChI=1S/C21H16Cl3NO3/c1-3-25-11(2)17(12-5-4-6-14(22)9-12)20(26)18(21(27)28)19(25)13-7-8-15(23)16(24)10-13/h4-10H,3H2,1-2H3,(H,27,28). The van der Waals surface area contributed by atoms with Gasteiger partial charge in [-0.05, 0) is 43.7 Å². The van der Waals surface area contributed by atoms with Crippen molar-refractivity contribution in [2.24, 2.45) is 0 Å². The lowest BCUT2D eigenvalue weighted by molar-refractivity contribution is 0.0695. The van der Waals surface area contributed by atoms with Crippen molar-refractivity contribution in [3.63, 3.8) is 0 Å². The fourth-order valence-corrected chi connectivity index (χ4v) is 3.84. The number of aromatic carboxylic acids is 1. The summed E-state index contributed by atoms with van der Waals surface area (Å²) in [5.74, 6) is -1.31. The first kappa shape index (κ1) is 20.5. The maximum absolute atomic E-state index is 13.3. The molecule has 0 saturated heterocycles. The van der Waals surface area contributed by atoms with Crippen LogP contribution in [0.25, 0.3) is 22.4 Å². The maximum atomic E-state index is 13.3. The molecule has 7 heteroatoms. The molecule has 3 rings (SSSR count). The highest BCUT2D eigenvalue weighted by molar-refractivity contribution is 6.42. The van der Waals surface area contributed by atoms with Crippen molar-refractivity contribution < 1.29 is 9.90 Å². The molecule has 0 bridgehead atoms. The Kier molecular flexibility index (Phi) is 5.84. The minimum Gasteiger partial charge on any atom is -0.477 e. The molecule has 0 aliphatic heterocycles. The third kappa shape index (κ3) is 3.55. The normalized spacial score (nSPS) is 10.9. The van der Waals surface area contributed by atoms with Crippen LogP contribution in [0.15, 0.2) is 47.3 Å². The predicted molar refractivity (Wildman–Crippen MR) is 114 cm³/mol. The van der Waals surface area contributed by atoms with Gasteiger partial charge in [0.1, 0.15) is 5.56 Å². The van der Waals surface area contributed by atoms with Gasteiger partial charge in [0.05, 0.1) is 15.7 Å². The number of rotatable bonds is 4. The smallest absolute Gasteiger partial charge is 0.341 e. The number of carboxylic acid groups (broad SMARTS) is 1. The molecule has 0 radical (unpaired) electrons. The molecule has 0 saturated carbocycles. The van der Waals surface area contributed by atoms with E-state index < -0.39 is 11.4 Å². The Balaban J connectivity index is 2.46. The number of halogens is 3. The summed E-state index contributed by atoms with van der Waals surface area (Å²) in [5, 5.41) is 11.0. The molecule has 0 fully saturated rings. The van der Waals surface area contributed by atoms with Crippen LogP contribution in [0, 0.1) is 6.92 Å². The average molecular weight is 437 g/mol. The van der Waals surface area contributed by atoms with Gasteiger partial charge in [-0.2, -0.15) is 0 Å². The van der Waals surface area contributed by atoms with Crippen molar-refractivity contribution in [3.8, 4) is 22.4 Å². The quantitative estimate of drug-likeness (QED) is 0.532. The molecule has 2 aromatic carbocycles. The second-order valence-electron chi connectivity index (χ2n) is 6.20. The molecule has 0 unspecified atom stereocenters. The molecule has 1 aromatic heterocycles. The molecular weight excluding hydrogens is 421 g/mol. The van der Waals surface area contributed by atoms with Gasteiger partial charge in [-0.25, -0.2) is 4.79 Å². The van der Waals surface area contributed by atoms with Crippen molar-refractivity contribution >= 4 is 40.8 Å². The highest BCUT2D eigenvalue weighted by Crippen LogP contribution is 2.33. The summed E-state index contributed by atoms with van der Waals surface area (Å²) >= 11 is 18.2. The van der Waals surface area contributed by atoms with E-state index in [4.69, 9.17) is 34.8 Å². The highest BCUT2D eigenvalue weighted by atomic mass is 35.5. The number of benzene rings is 2. The lowest BCUT2D eigenvalue weighted by Crippen LogP contribution is -2.25. The zero-order valence-electron chi connectivity index (χ0n) is 15.1. The van der Waals surface area contributed by atoms with Crippen LogP contribution in [0.5, 0.6) is 0 Å². The summed E-state index contributed by atoms with van der Waals surface area (Å²) in [7, 11) is 0. The molecule has 1 heterocycles. The Morgan fingerprint density at radius 1 is 1.04 bits per heavy atom. The number of nitrogens with zero attached hydrogens (tertiary/aromatic N) is 1. The number of pyridine rings is 1. The number of hydrogen-bond donors (Lipinski definition) is 1. The van der Waals surface area contributed by atoms with Gasteiger partial charge in [0, 0.05) is 28.4 Å². The van der Waals surface area contributed by atoms with Crippen LogP contribution in [-0.4, -0.2) is 15.6 Å². The third-order valence-corrected chi connectivity index (χ3v) is 5.54. The molecule has 3 aromatic rings. The van der Waals surface area contributed by atoms with E-state index >= 15 is 0 Å².